The predicted octanol–water partition coefficient (Wildman–Crippen LogP) is 1.89. The zero-order valence-corrected chi connectivity index (χ0v) is 7.77. The monoisotopic (exact) mass is 190 g/mol. The van der Waals surface area contributed by atoms with Gasteiger partial charge in [0.25, 0.3) is 6.29 Å². The summed E-state index contributed by atoms with van der Waals surface area (Å²) in [4.78, 5) is 10.9. The summed E-state index contributed by atoms with van der Waals surface area (Å²) in [5.74, 6) is 0.350. The smallest absolute Gasteiger partial charge is 0.334 e. The van der Waals surface area contributed by atoms with E-state index in [4.69, 9.17) is 9.47 Å². The highest BCUT2D eigenvalue weighted by Crippen LogP contribution is 2.19. The third kappa shape index (κ3) is 1.76. The van der Waals surface area contributed by atoms with Gasteiger partial charge in [0.05, 0.1) is 0 Å². The van der Waals surface area contributed by atoms with Crippen LogP contribution in [0.3, 0.4) is 0 Å². The van der Waals surface area contributed by atoms with E-state index in [0.29, 0.717) is 5.75 Å². The molecule has 1 atom stereocenters. The van der Waals surface area contributed by atoms with Crippen molar-refractivity contribution in [2.24, 2.45) is 0 Å². The van der Waals surface area contributed by atoms with Crippen LogP contribution in [0.4, 0.5) is 0 Å². The van der Waals surface area contributed by atoms with Crippen LogP contribution in [-0.2, 0) is 9.53 Å². The van der Waals surface area contributed by atoms with E-state index in [1.165, 1.54) is 6.08 Å². The standard InChI is InChI=1S/C11H10O3/c1-8-7-10(12)14-11(8)13-9-5-3-2-4-6-9/h2-7,11H,1H3. The van der Waals surface area contributed by atoms with Gasteiger partial charge in [-0.05, 0) is 19.1 Å². The first-order chi connectivity index (χ1) is 6.75. The minimum Gasteiger partial charge on any atom is -0.451 e. The van der Waals surface area contributed by atoms with Crippen molar-refractivity contribution < 1.29 is 14.3 Å². The van der Waals surface area contributed by atoms with E-state index in [9.17, 15) is 4.79 Å². The molecule has 1 unspecified atom stereocenters. The summed E-state index contributed by atoms with van der Waals surface area (Å²) in [7, 11) is 0. The maximum Gasteiger partial charge on any atom is 0.334 e. The lowest BCUT2D eigenvalue weighted by Gasteiger charge is -2.13. The normalized spacial score (nSPS) is 20.2. The Labute approximate surface area is 81.9 Å². The van der Waals surface area contributed by atoms with Crippen molar-refractivity contribution >= 4 is 5.97 Å². The van der Waals surface area contributed by atoms with Crippen LogP contribution in [0.2, 0.25) is 0 Å². The Balaban J connectivity index is 2.07. The molecule has 3 nitrogen and oxygen atoms in total. The molecule has 0 saturated heterocycles. The predicted molar refractivity (Wildman–Crippen MR) is 50.7 cm³/mol. The molecule has 14 heavy (non-hydrogen) atoms. The van der Waals surface area contributed by atoms with Crippen LogP contribution in [0.25, 0.3) is 0 Å². The van der Waals surface area contributed by atoms with Crippen LogP contribution in [0, 0.1) is 0 Å². The molecule has 0 bridgehead atoms. The summed E-state index contributed by atoms with van der Waals surface area (Å²) in [6.45, 7) is 1.80. The summed E-state index contributed by atoms with van der Waals surface area (Å²) in [6, 6.07) is 9.27. The van der Waals surface area contributed by atoms with E-state index < -0.39 is 6.29 Å². The molecule has 2 rings (SSSR count). The molecule has 0 spiro atoms. The highest BCUT2D eigenvalue weighted by molar-refractivity contribution is 5.85. The number of benzene rings is 1. The number of carbonyl (C=O) groups excluding carboxylic acids is 1. The molecule has 0 saturated carbocycles. The number of carbonyl (C=O) groups is 1. The van der Waals surface area contributed by atoms with Crippen LogP contribution in [-0.4, -0.2) is 12.3 Å². The third-order valence-electron chi connectivity index (χ3n) is 1.93. The van der Waals surface area contributed by atoms with E-state index in [2.05, 4.69) is 0 Å². The summed E-state index contributed by atoms with van der Waals surface area (Å²) in [6.07, 6.45) is 0.873. The van der Waals surface area contributed by atoms with Crippen molar-refractivity contribution in [2.75, 3.05) is 0 Å². The molecule has 0 fully saturated rings. The molecule has 72 valence electrons. The minimum absolute atomic E-state index is 0.344. The largest absolute Gasteiger partial charge is 0.451 e. The lowest BCUT2D eigenvalue weighted by atomic mass is 10.3. The van der Waals surface area contributed by atoms with E-state index >= 15 is 0 Å². The second-order valence-corrected chi connectivity index (χ2v) is 3.09. The highest BCUT2D eigenvalue weighted by Gasteiger charge is 2.24. The first-order valence-electron chi connectivity index (χ1n) is 4.36. The Hall–Kier alpha value is -1.77. The molecule has 1 aromatic carbocycles. The van der Waals surface area contributed by atoms with E-state index in [-0.39, 0.29) is 5.97 Å². The lowest BCUT2D eigenvalue weighted by molar-refractivity contribution is -0.148. The molecule has 0 aromatic heterocycles. The summed E-state index contributed by atoms with van der Waals surface area (Å²) in [5.41, 5.74) is 0.791. The Morgan fingerprint density at radius 1 is 1.29 bits per heavy atom. The summed E-state index contributed by atoms with van der Waals surface area (Å²) < 4.78 is 10.4. The van der Waals surface area contributed by atoms with Gasteiger partial charge in [-0.1, -0.05) is 18.2 Å². The summed E-state index contributed by atoms with van der Waals surface area (Å²) in [5, 5.41) is 0. The first-order valence-corrected chi connectivity index (χ1v) is 4.36. The van der Waals surface area contributed by atoms with Gasteiger partial charge in [0, 0.05) is 11.6 Å². The zero-order valence-electron chi connectivity index (χ0n) is 7.77. The highest BCUT2D eigenvalue weighted by atomic mass is 16.7. The Morgan fingerprint density at radius 2 is 2.00 bits per heavy atom. The molecule has 0 N–H and O–H groups in total. The quantitative estimate of drug-likeness (QED) is 0.668. The number of ether oxygens (including phenoxy) is 2. The minimum atomic E-state index is -0.565. The molecule has 0 amide bonds. The van der Waals surface area contributed by atoms with Gasteiger partial charge in [-0.25, -0.2) is 4.79 Å². The fraction of sp³-hybridized carbons (Fsp3) is 0.182. The molecule has 0 radical (unpaired) electrons. The average molecular weight is 190 g/mol. The van der Waals surface area contributed by atoms with Crippen LogP contribution in [0.15, 0.2) is 42.0 Å². The van der Waals surface area contributed by atoms with Crippen LogP contribution >= 0.6 is 0 Å². The van der Waals surface area contributed by atoms with Crippen molar-refractivity contribution in [3.63, 3.8) is 0 Å². The fourth-order valence-electron chi connectivity index (χ4n) is 1.23. The molecule has 3 heteroatoms. The maximum absolute atomic E-state index is 10.9. The van der Waals surface area contributed by atoms with Gasteiger partial charge in [0.15, 0.2) is 0 Å². The zero-order chi connectivity index (χ0) is 9.97. The maximum atomic E-state index is 10.9. The van der Waals surface area contributed by atoms with Crippen molar-refractivity contribution in [2.45, 2.75) is 13.2 Å². The lowest BCUT2D eigenvalue weighted by Crippen LogP contribution is -2.18. The van der Waals surface area contributed by atoms with Gasteiger partial charge in [0.1, 0.15) is 5.75 Å². The molecule has 1 aromatic rings. The van der Waals surface area contributed by atoms with Gasteiger partial charge in [-0.15, -0.1) is 0 Å². The molecular formula is C11H10O3. The number of cyclic esters (lactones) is 1. The molecule has 0 aliphatic carbocycles. The number of para-hydroxylation sites is 1. The first kappa shape index (κ1) is 8.81. The number of hydrogen-bond donors (Lipinski definition) is 0. The second-order valence-electron chi connectivity index (χ2n) is 3.09. The molecule has 1 aliphatic heterocycles. The SMILES string of the molecule is CC1=CC(=O)OC1Oc1ccccc1. The van der Waals surface area contributed by atoms with Crippen LogP contribution in [0.5, 0.6) is 5.75 Å². The van der Waals surface area contributed by atoms with Crippen molar-refractivity contribution in [3.8, 4) is 5.75 Å². The summed E-state index contributed by atoms with van der Waals surface area (Å²) >= 11 is 0. The number of esters is 1. The van der Waals surface area contributed by atoms with Gasteiger partial charge >= 0.3 is 5.97 Å². The number of hydrogen-bond acceptors (Lipinski definition) is 3. The van der Waals surface area contributed by atoms with Crippen molar-refractivity contribution in [1.82, 2.24) is 0 Å². The Bertz CT molecular complexity index is 367. The van der Waals surface area contributed by atoms with E-state index in [1.807, 2.05) is 30.3 Å². The number of rotatable bonds is 2. The van der Waals surface area contributed by atoms with E-state index in [0.717, 1.165) is 5.57 Å². The average Bonchev–Trinajstić information content (AvgIpc) is 2.47. The molecule has 1 aliphatic rings. The van der Waals surface area contributed by atoms with Gasteiger partial charge in [-0.3, -0.25) is 0 Å². The second kappa shape index (κ2) is 3.54. The molecular weight excluding hydrogens is 180 g/mol. The fourth-order valence-corrected chi connectivity index (χ4v) is 1.23. The van der Waals surface area contributed by atoms with Gasteiger partial charge in [-0.2, -0.15) is 0 Å². The Kier molecular flexibility index (Phi) is 2.23. The topological polar surface area (TPSA) is 35.5 Å². The van der Waals surface area contributed by atoms with Crippen molar-refractivity contribution in [1.29, 1.82) is 0 Å². The van der Waals surface area contributed by atoms with Crippen LogP contribution in [0.1, 0.15) is 6.92 Å². The van der Waals surface area contributed by atoms with Crippen molar-refractivity contribution in [3.05, 3.63) is 42.0 Å². The van der Waals surface area contributed by atoms with E-state index in [1.54, 1.807) is 6.92 Å². The van der Waals surface area contributed by atoms with Gasteiger partial charge in [0.2, 0.25) is 0 Å². The Morgan fingerprint density at radius 3 is 2.57 bits per heavy atom. The van der Waals surface area contributed by atoms with Gasteiger partial charge < -0.3 is 9.47 Å². The van der Waals surface area contributed by atoms with Crippen LogP contribution < -0.4 is 4.74 Å². The third-order valence-corrected chi connectivity index (χ3v) is 1.93. The molecule has 1 heterocycles.